The van der Waals surface area contributed by atoms with Crippen molar-refractivity contribution in [1.82, 2.24) is 9.91 Å². The Kier molecular flexibility index (Phi) is 4.87. The number of amides is 2. The molecule has 4 nitrogen and oxygen atoms in total. The highest BCUT2D eigenvalue weighted by Gasteiger charge is 2.51. The minimum atomic E-state index is -0.747. The number of hydrogen-bond acceptors (Lipinski definition) is 3. The number of halogens is 2. The van der Waals surface area contributed by atoms with Crippen LogP contribution in [0.3, 0.4) is 0 Å². The van der Waals surface area contributed by atoms with Crippen molar-refractivity contribution in [2.45, 2.75) is 31.1 Å². The fraction of sp³-hybridized carbons (Fsp3) is 0.333. The van der Waals surface area contributed by atoms with Crippen LogP contribution < -0.4 is 0 Å². The molecule has 1 unspecified atom stereocenters. The van der Waals surface area contributed by atoms with E-state index in [1.807, 2.05) is 25.1 Å². The van der Waals surface area contributed by atoms with Crippen molar-refractivity contribution >= 4 is 22.8 Å². The number of carbonyl (C=O) groups excluding carboxylic acids is 1. The first-order chi connectivity index (χ1) is 13.5. The Morgan fingerprint density at radius 2 is 2.07 bits per heavy atom. The van der Waals surface area contributed by atoms with Crippen LogP contribution >= 0.6 is 11.8 Å². The van der Waals surface area contributed by atoms with Crippen molar-refractivity contribution in [2.24, 2.45) is 5.10 Å². The quantitative estimate of drug-likeness (QED) is 0.715. The van der Waals surface area contributed by atoms with E-state index in [2.05, 4.69) is 11.2 Å². The fourth-order valence-electron chi connectivity index (χ4n) is 3.76. The first kappa shape index (κ1) is 18.9. The van der Waals surface area contributed by atoms with Gasteiger partial charge < -0.3 is 4.90 Å². The Balaban J connectivity index is 1.86. The average Bonchev–Trinajstić information content (AvgIpc) is 3.08. The normalized spacial score (nSPS) is 20.9. The number of nitrogens with zero attached hydrogens (tertiary/aromatic N) is 3. The van der Waals surface area contributed by atoms with Gasteiger partial charge in [0.05, 0.1) is 0 Å². The number of carbonyl (C=O) groups is 1. The summed E-state index contributed by atoms with van der Waals surface area (Å²) in [6.45, 7) is 2.41. The van der Waals surface area contributed by atoms with Crippen molar-refractivity contribution < 1.29 is 13.6 Å². The van der Waals surface area contributed by atoms with E-state index < -0.39 is 16.5 Å². The SMILES string of the molecule is CCN(C)C(=O)N1N=C(c2cc(F)ccc2F)SC12CCCc1ccccc12. The Morgan fingerprint density at radius 1 is 1.29 bits per heavy atom. The van der Waals surface area contributed by atoms with Crippen LogP contribution in [0.1, 0.15) is 36.5 Å². The molecule has 2 aromatic carbocycles. The van der Waals surface area contributed by atoms with E-state index in [0.29, 0.717) is 18.0 Å². The van der Waals surface area contributed by atoms with E-state index in [0.717, 1.165) is 42.2 Å². The molecule has 0 aromatic heterocycles. The summed E-state index contributed by atoms with van der Waals surface area (Å²) >= 11 is 1.34. The van der Waals surface area contributed by atoms with Gasteiger partial charge in [0.15, 0.2) is 0 Å². The van der Waals surface area contributed by atoms with Gasteiger partial charge in [0.25, 0.3) is 0 Å². The van der Waals surface area contributed by atoms with Crippen molar-refractivity contribution in [3.8, 4) is 0 Å². The minimum absolute atomic E-state index is 0.0851. The zero-order valence-electron chi connectivity index (χ0n) is 15.8. The van der Waals surface area contributed by atoms with Crippen LogP contribution in [0, 0.1) is 11.6 Å². The molecule has 28 heavy (non-hydrogen) atoms. The topological polar surface area (TPSA) is 35.9 Å². The zero-order valence-corrected chi connectivity index (χ0v) is 16.6. The van der Waals surface area contributed by atoms with Crippen LogP contribution in [0.4, 0.5) is 13.6 Å². The van der Waals surface area contributed by atoms with E-state index in [9.17, 15) is 13.6 Å². The van der Waals surface area contributed by atoms with Gasteiger partial charge in [-0.05, 0) is 55.5 Å². The smallest absolute Gasteiger partial charge is 0.326 e. The number of hydrogen-bond donors (Lipinski definition) is 0. The van der Waals surface area contributed by atoms with E-state index in [1.165, 1.54) is 16.8 Å². The molecule has 1 aliphatic carbocycles. The Bertz CT molecular complexity index is 964. The number of aryl methyl sites for hydroxylation is 1. The number of urea groups is 1. The number of benzene rings is 2. The molecule has 0 saturated carbocycles. The Morgan fingerprint density at radius 3 is 2.86 bits per heavy atom. The van der Waals surface area contributed by atoms with Crippen LogP contribution in [-0.4, -0.2) is 34.6 Å². The van der Waals surface area contributed by atoms with Crippen LogP contribution in [0.2, 0.25) is 0 Å². The summed E-state index contributed by atoms with van der Waals surface area (Å²) in [5, 5.41) is 6.32. The zero-order chi connectivity index (χ0) is 19.9. The summed E-state index contributed by atoms with van der Waals surface area (Å²) in [4.78, 5) is 14.0. The summed E-state index contributed by atoms with van der Waals surface area (Å²) in [5.74, 6) is -1.08. The van der Waals surface area contributed by atoms with E-state index in [4.69, 9.17) is 0 Å². The molecule has 0 saturated heterocycles. The molecule has 0 N–H and O–H groups in total. The van der Waals surface area contributed by atoms with Gasteiger partial charge in [0.1, 0.15) is 21.5 Å². The lowest BCUT2D eigenvalue weighted by Gasteiger charge is -2.41. The number of hydrazone groups is 1. The molecule has 2 aliphatic rings. The van der Waals surface area contributed by atoms with E-state index in [1.54, 1.807) is 11.9 Å². The molecule has 2 aromatic rings. The Hall–Kier alpha value is -2.41. The molecule has 7 heteroatoms. The number of thioether (sulfide) groups is 1. The van der Waals surface area contributed by atoms with Crippen LogP contribution in [0.5, 0.6) is 0 Å². The maximum atomic E-state index is 14.5. The fourth-order valence-corrected chi connectivity index (χ4v) is 5.23. The van der Waals surface area contributed by atoms with Gasteiger partial charge in [0, 0.05) is 19.2 Å². The second-order valence-corrected chi connectivity index (χ2v) is 8.30. The third-order valence-electron chi connectivity index (χ3n) is 5.34. The number of rotatable bonds is 2. The predicted molar refractivity (Wildman–Crippen MR) is 107 cm³/mol. The second-order valence-electron chi connectivity index (χ2n) is 7.04. The van der Waals surface area contributed by atoms with Crippen LogP contribution in [-0.2, 0) is 11.3 Å². The van der Waals surface area contributed by atoms with Gasteiger partial charge in [-0.2, -0.15) is 10.1 Å². The summed E-state index contributed by atoms with van der Waals surface area (Å²) in [5.41, 5.74) is 2.26. The maximum Gasteiger partial charge on any atom is 0.341 e. The summed E-state index contributed by atoms with van der Waals surface area (Å²) in [7, 11) is 1.71. The van der Waals surface area contributed by atoms with Crippen molar-refractivity contribution in [3.05, 3.63) is 70.8 Å². The second kappa shape index (κ2) is 7.20. The highest BCUT2D eigenvalue weighted by Crippen LogP contribution is 2.54. The molecule has 1 heterocycles. The predicted octanol–water partition coefficient (Wildman–Crippen LogP) is 4.94. The molecule has 0 fully saturated rings. The third kappa shape index (κ3) is 2.98. The summed E-state index contributed by atoms with van der Waals surface area (Å²) < 4.78 is 28.2. The molecule has 0 bridgehead atoms. The molecule has 146 valence electrons. The van der Waals surface area contributed by atoms with Gasteiger partial charge in [-0.25, -0.2) is 13.6 Å². The van der Waals surface area contributed by atoms with Gasteiger partial charge in [-0.15, -0.1) is 0 Å². The lowest BCUT2D eigenvalue weighted by Crippen LogP contribution is -2.48. The molecule has 1 atom stereocenters. The first-order valence-corrected chi connectivity index (χ1v) is 10.1. The lowest BCUT2D eigenvalue weighted by atomic mass is 9.86. The van der Waals surface area contributed by atoms with E-state index >= 15 is 0 Å². The molecular formula is C21H21F2N3OS. The standard InChI is InChI=1S/C21H21F2N3OS/c1-3-25(2)20(27)26-21(12-6-8-14-7-4-5-9-17(14)21)28-19(24-26)16-13-15(22)10-11-18(16)23/h4-5,7,9-11,13H,3,6,8,12H2,1-2H3. The monoisotopic (exact) mass is 401 g/mol. The van der Waals surface area contributed by atoms with E-state index in [-0.39, 0.29) is 11.6 Å². The van der Waals surface area contributed by atoms with Crippen molar-refractivity contribution in [2.75, 3.05) is 13.6 Å². The largest absolute Gasteiger partial charge is 0.341 e. The highest BCUT2D eigenvalue weighted by molar-refractivity contribution is 8.15. The van der Waals surface area contributed by atoms with Crippen LogP contribution in [0.25, 0.3) is 0 Å². The van der Waals surface area contributed by atoms with Crippen molar-refractivity contribution in [1.29, 1.82) is 0 Å². The molecule has 4 rings (SSSR count). The molecule has 0 radical (unpaired) electrons. The van der Waals surface area contributed by atoms with Gasteiger partial charge in [-0.1, -0.05) is 36.0 Å². The van der Waals surface area contributed by atoms with Gasteiger partial charge in [-0.3, -0.25) is 0 Å². The molecular weight excluding hydrogens is 380 g/mol. The maximum absolute atomic E-state index is 14.5. The average molecular weight is 401 g/mol. The lowest BCUT2D eigenvalue weighted by molar-refractivity contribution is 0.130. The highest BCUT2D eigenvalue weighted by atomic mass is 32.2. The first-order valence-electron chi connectivity index (χ1n) is 9.33. The van der Waals surface area contributed by atoms with Gasteiger partial charge in [0.2, 0.25) is 0 Å². The summed E-state index contributed by atoms with van der Waals surface area (Å²) in [6, 6.07) is 11.1. The molecule has 2 amide bonds. The van der Waals surface area contributed by atoms with Crippen LogP contribution in [0.15, 0.2) is 47.6 Å². The summed E-state index contributed by atoms with van der Waals surface area (Å²) in [6.07, 6.45) is 2.51. The third-order valence-corrected chi connectivity index (χ3v) is 6.77. The molecule has 1 aliphatic heterocycles. The van der Waals surface area contributed by atoms with Crippen molar-refractivity contribution in [3.63, 3.8) is 0 Å². The number of fused-ring (bicyclic) bond motifs is 2. The van der Waals surface area contributed by atoms with Gasteiger partial charge >= 0.3 is 6.03 Å². The molecule has 1 spiro atoms. The Labute approximate surface area is 167 Å². The minimum Gasteiger partial charge on any atom is -0.326 e.